The number of hydrogen-bond acceptors (Lipinski definition) is 5. The van der Waals surface area contributed by atoms with E-state index in [0.717, 1.165) is 25.0 Å². The molecule has 0 spiro atoms. The molecule has 0 bridgehead atoms. The number of likely N-dealkylation sites (tertiary alicyclic amines) is 1. The summed E-state index contributed by atoms with van der Waals surface area (Å²) in [7, 11) is 0. The van der Waals surface area contributed by atoms with Crippen LogP contribution in [0.1, 0.15) is 70.2 Å². The fraction of sp³-hybridized carbons (Fsp3) is 0.625. The van der Waals surface area contributed by atoms with Gasteiger partial charge in [-0.05, 0) is 70.2 Å². The molecule has 1 N–H and O–H groups in total. The van der Waals surface area contributed by atoms with Crippen LogP contribution in [0.15, 0.2) is 24.3 Å². The first-order chi connectivity index (χ1) is 14.7. The van der Waals surface area contributed by atoms with Gasteiger partial charge in [0.05, 0.1) is 6.61 Å². The van der Waals surface area contributed by atoms with Crippen molar-refractivity contribution in [2.24, 2.45) is 5.92 Å². The van der Waals surface area contributed by atoms with Crippen molar-refractivity contribution in [3.8, 4) is 5.75 Å². The highest BCUT2D eigenvalue weighted by Gasteiger charge is 2.24. The molecule has 0 saturated carbocycles. The molecule has 2 amide bonds. The zero-order valence-corrected chi connectivity index (χ0v) is 19.2. The fourth-order valence-electron chi connectivity index (χ4n) is 3.41. The lowest BCUT2D eigenvalue weighted by Crippen LogP contribution is -2.42. The minimum Gasteiger partial charge on any atom is -0.494 e. The number of hydrogen-bond donors (Lipinski definition) is 1. The van der Waals surface area contributed by atoms with Crippen LogP contribution in [0.5, 0.6) is 5.75 Å². The summed E-state index contributed by atoms with van der Waals surface area (Å²) >= 11 is 0. The summed E-state index contributed by atoms with van der Waals surface area (Å²) in [6.45, 7) is 10.0. The Kier molecular flexibility index (Phi) is 9.34. The Hall–Kier alpha value is -2.57. The number of ketones is 1. The number of piperidine rings is 1. The number of alkyl carbamates (subject to hydrolysis) is 1. The maximum absolute atomic E-state index is 12.5. The first-order valence-electron chi connectivity index (χ1n) is 11.2. The summed E-state index contributed by atoms with van der Waals surface area (Å²) in [6, 6.07) is 7.09. The third-order valence-electron chi connectivity index (χ3n) is 5.12. The molecule has 1 aromatic rings. The average Bonchev–Trinajstić information content (AvgIpc) is 2.74. The highest BCUT2D eigenvalue weighted by molar-refractivity contribution is 5.98. The molecule has 172 valence electrons. The van der Waals surface area contributed by atoms with Gasteiger partial charge in [-0.25, -0.2) is 4.79 Å². The molecule has 7 heteroatoms. The van der Waals surface area contributed by atoms with Gasteiger partial charge in [0.25, 0.3) is 0 Å². The van der Waals surface area contributed by atoms with E-state index in [4.69, 9.17) is 9.47 Å². The normalized spacial score (nSPS) is 14.8. The summed E-state index contributed by atoms with van der Waals surface area (Å²) in [4.78, 5) is 38.5. The molecule has 0 radical (unpaired) electrons. The Morgan fingerprint density at radius 1 is 1.06 bits per heavy atom. The fourth-order valence-corrected chi connectivity index (χ4v) is 3.41. The Morgan fingerprint density at radius 2 is 1.71 bits per heavy atom. The van der Waals surface area contributed by atoms with Crippen molar-refractivity contribution in [3.05, 3.63) is 29.8 Å². The number of ether oxygens (including phenoxy) is 2. The maximum Gasteiger partial charge on any atom is 0.407 e. The van der Waals surface area contributed by atoms with E-state index in [1.807, 2.05) is 32.6 Å². The maximum atomic E-state index is 12.5. The first kappa shape index (κ1) is 24.7. The molecular formula is C24H36N2O5. The predicted molar refractivity (Wildman–Crippen MR) is 119 cm³/mol. The standard InChI is InChI=1S/C24H36N2O5/c1-5-16-30-20-8-6-19(7-9-20)21(27)10-11-22(28)26-14-12-18(13-15-26)17-25-23(29)31-24(2,3)4/h6-9,18H,5,10-17H2,1-4H3,(H,25,29). The van der Waals surface area contributed by atoms with Gasteiger partial charge < -0.3 is 19.7 Å². The molecule has 1 aliphatic heterocycles. The van der Waals surface area contributed by atoms with Crippen LogP contribution in [-0.4, -0.2) is 54.5 Å². The number of Topliss-reactive ketones (excluding diaryl/α,β-unsaturated/α-hetero) is 1. The monoisotopic (exact) mass is 432 g/mol. The van der Waals surface area contributed by atoms with Gasteiger partial charge >= 0.3 is 6.09 Å². The summed E-state index contributed by atoms with van der Waals surface area (Å²) in [5.74, 6) is 1.05. The lowest BCUT2D eigenvalue weighted by Gasteiger charge is -2.32. The summed E-state index contributed by atoms with van der Waals surface area (Å²) in [5.41, 5.74) is 0.0888. The third kappa shape index (κ3) is 8.99. The van der Waals surface area contributed by atoms with Gasteiger partial charge in [0.15, 0.2) is 5.78 Å². The second kappa shape index (κ2) is 11.7. The van der Waals surface area contributed by atoms with Gasteiger partial charge in [-0.3, -0.25) is 9.59 Å². The Labute approximate surface area is 185 Å². The number of rotatable bonds is 9. The molecule has 1 heterocycles. The van der Waals surface area contributed by atoms with E-state index in [9.17, 15) is 14.4 Å². The van der Waals surface area contributed by atoms with Crippen LogP contribution in [0, 0.1) is 5.92 Å². The Balaban J connectivity index is 1.68. The molecule has 2 rings (SSSR count). The molecular weight excluding hydrogens is 396 g/mol. The summed E-state index contributed by atoms with van der Waals surface area (Å²) in [5, 5.41) is 2.81. The van der Waals surface area contributed by atoms with E-state index >= 15 is 0 Å². The molecule has 1 aliphatic rings. The smallest absolute Gasteiger partial charge is 0.407 e. The van der Waals surface area contributed by atoms with Crippen LogP contribution in [-0.2, 0) is 9.53 Å². The molecule has 1 saturated heterocycles. The number of nitrogens with one attached hydrogen (secondary N) is 1. The molecule has 31 heavy (non-hydrogen) atoms. The zero-order chi connectivity index (χ0) is 22.9. The van der Waals surface area contributed by atoms with E-state index in [-0.39, 0.29) is 24.5 Å². The van der Waals surface area contributed by atoms with Crippen molar-refractivity contribution in [1.82, 2.24) is 10.2 Å². The molecule has 7 nitrogen and oxygen atoms in total. The summed E-state index contributed by atoms with van der Waals surface area (Å²) in [6.07, 6.45) is 2.60. The Bertz CT molecular complexity index is 731. The Morgan fingerprint density at radius 3 is 2.29 bits per heavy atom. The van der Waals surface area contributed by atoms with Gasteiger partial charge in [-0.15, -0.1) is 0 Å². The summed E-state index contributed by atoms with van der Waals surface area (Å²) < 4.78 is 10.8. The number of carbonyl (C=O) groups excluding carboxylic acids is 3. The molecule has 0 aromatic heterocycles. The third-order valence-corrected chi connectivity index (χ3v) is 5.12. The van der Waals surface area contributed by atoms with E-state index in [0.29, 0.717) is 37.7 Å². The lowest BCUT2D eigenvalue weighted by atomic mass is 9.96. The van der Waals surface area contributed by atoms with Crippen molar-refractivity contribution in [3.63, 3.8) is 0 Å². The minimum atomic E-state index is -0.512. The largest absolute Gasteiger partial charge is 0.494 e. The van der Waals surface area contributed by atoms with E-state index in [1.54, 1.807) is 24.3 Å². The topological polar surface area (TPSA) is 84.9 Å². The number of carbonyl (C=O) groups is 3. The molecule has 1 fully saturated rings. The average molecular weight is 433 g/mol. The van der Waals surface area contributed by atoms with Crippen molar-refractivity contribution in [2.75, 3.05) is 26.2 Å². The van der Waals surface area contributed by atoms with Crippen LogP contribution in [0.2, 0.25) is 0 Å². The molecule has 0 aliphatic carbocycles. The molecule has 0 atom stereocenters. The highest BCUT2D eigenvalue weighted by atomic mass is 16.6. The highest BCUT2D eigenvalue weighted by Crippen LogP contribution is 2.19. The number of amides is 2. The second-order valence-electron chi connectivity index (χ2n) is 9.00. The second-order valence-corrected chi connectivity index (χ2v) is 9.00. The van der Waals surface area contributed by atoms with E-state index in [2.05, 4.69) is 5.32 Å². The van der Waals surface area contributed by atoms with Crippen molar-refractivity contribution in [1.29, 1.82) is 0 Å². The van der Waals surface area contributed by atoms with Gasteiger partial charge in [0.1, 0.15) is 11.4 Å². The van der Waals surface area contributed by atoms with Gasteiger partial charge in [-0.2, -0.15) is 0 Å². The zero-order valence-electron chi connectivity index (χ0n) is 19.2. The van der Waals surface area contributed by atoms with Gasteiger partial charge in [-0.1, -0.05) is 6.92 Å². The number of benzene rings is 1. The molecule has 0 unspecified atom stereocenters. The lowest BCUT2D eigenvalue weighted by molar-refractivity contribution is -0.132. The minimum absolute atomic E-state index is 0.00907. The van der Waals surface area contributed by atoms with Crippen LogP contribution in [0.3, 0.4) is 0 Å². The van der Waals surface area contributed by atoms with Gasteiger partial charge in [0.2, 0.25) is 5.91 Å². The van der Waals surface area contributed by atoms with Gasteiger partial charge in [0, 0.05) is 38.0 Å². The quantitative estimate of drug-likeness (QED) is 0.591. The first-order valence-corrected chi connectivity index (χ1v) is 11.2. The van der Waals surface area contributed by atoms with E-state index < -0.39 is 11.7 Å². The molecule has 1 aromatic carbocycles. The SMILES string of the molecule is CCCOc1ccc(C(=O)CCC(=O)N2CCC(CNC(=O)OC(C)(C)C)CC2)cc1. The number of nitrogens with zero attached hydrogens (tertiary/aromatic N) is 1. The predicted octanol–water partition coefficient (Wildman–Crippen LogP) is 4.20. The van der Waals surface area contributed by atoms with Crippen molar-refractivity contribution < 1.29 is 23.9 Å². The van der Waals surface area contributed by atoms with Crippen LogP contribution < -0.4 is 10.1 Å². The van der Waals surface area contributed by atoms with E-state index in [1.165, 1.54) is 0 Å². The van der Waals surface area contributed by atoms with Crippen molar-refractivity contribution in [2.45, 2.75) is 65.4 Å². The van der Waals surface area contributed by atoms with Crippen LogP contribution in [0.4, 0.5) is 4.79 Å². The van der Waals surface area contributed by atoms with Crippen LogP contribution in [0.25, 0.3) is 0 Å². The van der Waals surface area contributed by atoms with Crippen molar-refractivity contribution >= 4 is 17.8 Å². The van der Waals surface area contributed by atoms with Crippen LogP contribution >= 0.6 is 0 Å².